The van der Waals surface area contributed by atoms with E-state index in [4.69, 9.17) is 16.1 Å². The molecule has 0 bridgehead atoms. The molecule has 8 heteroatoms. The van der Waals surface area contributed by atoms with Gasteiger partial charge >= 0.3 is 6.03 Å². The van der Waals surface area contributed by atoms with Gasteiger partial charge in [-0.3, -0.25) is 4.90 Å². The van der Waals surface area contributed by atoms with Gasteiger partial charge in [-0.2, -0.15) is 4.98 Å². The van der Waals surface area contributed by atoms with E-state index >= 15 is 0 Å². The van der Waals surface area contributed by atoms with Crippen LogP contribution in [0.25, 0.3) is 11.4 Å². The van der Waals surface area contributed by atoms with Crippen molar-refractivity contribution in [1.29, 1.82) is 0 Å². The minimum Gasteiger partial charge on any atom is -0.338 e. The number of likely N-dealkylation sites (tertiary alicyclic amines) is 1. The second-order valence-electron chi connectivity index (χ2n) is 5.85. The molecule has 2 amide bonds. The molecule has 1 aromatic heterocycles. The minimum absolute atomic E-state index is 0.00882. The zero-order valence-electron chi connectivity index (χ0n) is 13.6. The highest BCUT2D eigenvalue weighted by Crippen LogP contribution is 2.31. The maximum Gasteiger partial charge on any atom is 0.315 e. The molecule has 0 unspecified atom stereocenters. The van der Waals surface area contributed by atoms with E-state index in [9.17, 15) is 4.79 Å². The highest BCUT2D eigenvalue weighted by molar-refractivity contribution is 6.30. The third-order valence-electron chi connectivity index (χ3n) is 4.05. The Balaban J connectivity index is 1.68. The summed E-state index contributed by atoms with van der Waals surface area (Å²) in [5, 5.41) is 10.4. The van der Waals surface area contributed by atoms with Gasteiger partial charge in [0.15, 0.2) is 0 Å². The van der Waals surface area contributed by atoms with E-state index in [1.54, 1.807) is 12.1 Å². The van der Waals surface area contributed by atoms with Crippen LogP contribution in [0.1, 0.15) is 25.3 Å². The Morgan fingerprint density at radius 2 is 2.17 bits per heavy atom. The molecule has 0 saturated carbocycles. The standard InChI is InChI=1S/C16H20ClN5O2/c1-3-18-16(23)19-12-8-13(22(2)9-12)15-20-14(21-24-15)10-4-6-11(17)7-5-10/h4-7,12-13H,3,8-9H2,1-2H3,(H2,18,19,23)/t12-,13+/m1/s1. The van der Waals surface area contributed by atoms with Gasteiger partial charge in [0.25, 0.3) is 0 Å². The molecule has 0 radical (unpaired) electrons. The first-order valence-corrected chi connectivity index (χ1v) is 8.28. The molecule has 1 aliphatic heterocycles. The summed E-state index contributed by atoms with van der Waals surface area (Å²) in [6.45, 7) is 3.23. The maximum atomic E-state index is 11.7. The first kappa shape index (κ1) is 16.7. The normalized spacial score (nSPS) is 21.0. The fraction of sp³-hybridized carbons (Fsp3) is 0.438. The quantitative estimate of drug-likeness (QED) is 0.885. The molecule has 2 aromatic rings. The number of urea groups is 1. The third kappa shape index (κ3) is 3.68. The van der Waals surface area contributed by atoms with Crippen molar-refractivity contribution in [2.45, 2.75) is 25.4 Å². The number of benzene rings is 1. The number of likely N-dealkylation sites (N-methyl/N-ethyl adjacent to an activating group) is 1. The van der Waals surface area contributed by atoms with Crippen LogP contribution in [0.3, 0.4) is 0 Å². The van der Waals surface area contributed by atoms with E-state index in [2.05, 4.69) is 25.7 Å². The molecule has 3 rings (SSSR count). The molecule has 1 saturated heterocycles. The number of rotatable bonds is 4. The summed E-state index contributed by atoms with van der Waals surface area (Å²) >= 11 is 5.90. The summed E-state index contributed by atoms with van der Waals surface area (Å²) in [6, 6.07) is 7.19. The van der Waals surface area contributed by atoms with Gasteiger partial charge in [-0.1, -0.05) is 16.8 Å². The van der Waals surface area contributed by atoms with Crippen LogP contribution in [-0.4, -0.2) is 47.3 Å². The zero-order chi connectivity index (χ0) is 17.1. The van der Waals surface area contributed by atoms with E-state index in [1.165, 1.54) is 0 Å². The lowest BCUT2D eigenvalue weighted by molar-refractivity contribution is 0.237. The molecule has 24 heavy (non-hydrogen) atoms. The summed E-state index contributed by atoms with van der Waals surface area (Å²) in [5.41, 5.74) is 0.854. The van der Waals surface area contributed by atoms with Crippen molar-refractivity contribution in [3.05, 3.63) is 35.2 Å². The third-order valence-corrected chi connectivity index (χ3v) is 4.30. The van der Waals surface area contributed by atoms with E-state index in [0.29, 0.717) is 23.3 Å². The van der Waals surface area contributed by atoms with Gasteiger partial charge in [-0.25, -0.2) is 4.79 Å². The highest BCUT2D eigenvalue weighted by Gasteiger charge is 2.35. The summed E-state index contributed by atoms with van der Waals surface area (Å²) in [4.78, 5) is 18.3. The first-order chi connectivity index (χ1) is 11.6. The monoisotopic (exact) mass is 349 g/mol. The molecule has 2 atom stereocenters. The van der Waals surface area contributed by atoms with Crippen LogP contribution in [0, 0.1) is 0 Å². The number of carbonyl (C=O) groups excluding carboxylic acids is 1. The van der Waals surface area contributed by atoms with E-state index in [1.807, 2.05) is 26.1 Å². The number of hydrogen-bond donors (Lipinski definition) is 2. The summed E-state index contributed by atoms with van der Waals surface area (Å²) in [5.74, 6) is 1.10. The van der Waals surface area contributed by atoms with Crippen LogP contribution in [0.2, 0.25) is 5.02 Å². The maximum absolute atomic E-state index is 11.7. The van der Waals surface area contributed by atoms with Crippen LogP contribution in [0.15, 0.2) is 28.8 Å². The van der Waals surface area contributed by atoms with Crippen molar-refractivity contribution in [2.75, 3.05) is 20.1 Å². The van der Waals surface area contributed by atoms with Gasteiger partial charge in [-0.15, -0.1) is 0 Å². The number of carbonyl (C=O) groups is 1. The van der Waals surface area contributed by atoms with Gasteiger partial charge in [0.1, 0.15) is 0 Å². The van der Waals surface area contributed by atoms with Crippen molar-refractivity contribution in [3.8, 4) is 11.4 Å². The molecule has 1 aromatic carbocycles. The predicted octanol–water partition coefficient (Wildman–Crippen LogP) is 2.45. The minimum atomic E-state index is -0.149. The average Bonchev–Trinajstić information content (AvgIpc) is 3.15. The van der Waals surface area contributed by atoms with Gasteiger partial charge in [0, 0.05) is 29.7 Å². The summed E-state index contributed by atoms with van der Waals surface area (Å²) in [7, 11) is 1.98. The lowest BCUT2D eigenvalue weighted by Gasteiger charge is -2.14. The van der Waals surface area contributed by atoms with Crippen LogP contribution >= 0.6 is 11.6 Å². The molecule has 7 nitrogen and oxygen atoms in total. The fourth-order valence-electron chi connectivity index (χ4n) is 2.88. The van der Waals surface area contributed by atoms with E-state index in [0.717, 1.165) is 18.5 Å². The van der Waals surface area contributed by atoms with E-state index < -0.39 is 0 Å². The van der Waals surface area contributed by atoms with Crippen molar-refractivity contribution in [1.82, 2.24) is 25.7 Å². The molecule has 0 aliphatic carbocycles. The van der Waals surface area contributed by atoms with Crippen LogP contribution < -0.4 is 10.6 Å². The van der Waals surface area contributed by atoms with Gasteiger partial charge in [0.2, 0.25) is 11.7 Å². The Labute approximate surface area is 145 Å². The zero-order valence-corrected chi connectivity index (χ0v) is 14.4. The van der Waals surface area contributed by atoms with Gasteiger partial charge in [0.05, 0.1) is 6.04 Å². The Bertz CT molecular complexity index is 703. The van der Waals surface area contributed by atoms with Crippen molar-refractivity contribution in [3.63, 3.8) is 0 Å². The first-order valence-electron chi connectivity index (χ1n) is 7.91. The van der Waals surface area contributed by atoms with Crippen LogP contribution in [0.5, 0.6) is 0 Å². The topological polar surface area (TPSA) is 83.3 Å². The fourth-order valence-corrected chi connectivity index (χ4v) is 3.00. The molecule has 1 aliphatic rings. The van der Waals surface area contributed by atoms with Crippen molar-refractivity contribution in [2.24, 2.45) is 0 Å². The molecule has 2 heterocycles. The van der Waals surface area contributed by atoms with Crippen molar-refractivity contribution >= 4 is 17.6 Å². The highest BCUT2D eigenvalue weighted by atomic mass is 35.5. The molecular formula is C16H20ClN5O2. The molecule has 128 valence electrons. The SMILES string of the molecule is CCNC(=O)N[C@@H]1C[C@@H](c2nc(-c3ccc(Cl)cc3)no2)N(C)C1. The Morgan fingerprint density at radius 1 is 1.42 bits per heavy atom. The Morgan fingerprint density at radius 3 is 2.88 bits per heavy atom. The number of nitrogens with one attached hydrogen (secondary N) is 2. The molecular weight excluding hydrogens is 330 g/mol. The number of nitrogens with zero attached hydrogens (tertiary/aromatic N) is 3. The van der Waals surface area contributed by atoms with Crippen LogP contribution in [0.4, 0.5) is 4.79 Å². The van der Waals surface area contributed by atoms with Crippen LogP contribution in [-0.2, 0) is 0 Å². The lowest BCUT2D eigenvalue weighted by Crippen LogP contribution is -2.42. The Kier molecular flexibility index (Phi) is 5.01. The largest absolute Gasteiger partial charge is 0.338 e. The second kappa shape index (κ2) is 7.19. The summed E-state index contributed by atoms with van der Waals surface area (Å²) < 4.78 is 5.44. The van der Waals surface area contributed by atoms with Gasteiger partial charge < -0.3 is 15.2 Å². The molecule has 0 spiro atoms. The smallest absolute Gasteiger partial charge is 0.315 e. The Hall–Kier alpha value is -2.12. The van der Waals surface area contributed by atoms with Gasteiger partial charge in [-0.05, 0) is 44.7 Å². The number of halogens is 1. The van der Waals surface area contributed by atoms with Crippen molar-refractivity contribution < 1.29 is 9.32 Å². The van der Waals surface area contributed by atoms with E-state index in [-0.39, 0.29) is 18.1 Å². The average molecular weight is 350 g/mol. The lowest BCUT2D eigenvalue weighted by atomic mass is 10.1. The number of hydrogen-bond acceptors (Lipinski definition) is 5. The summed E-state index contributed by atoms with van der Waals surface area (Å²) in [6.07, 6.45) is 0.732. The number of aromatic nitrogens is 2. The second-order valence-corrected chi connectivity index (χ2v) is 6.29. The predicted molar refractivity (Wildman–Crippen MR) is 90.7 cm³/mol. The molecule has 2 N–H and O–H groups in total. The number of amides is 2. The molecule has 1 fully saturated rings.